The van der Waals surface area contributed by atoms with E-state index in [2.05, 4.69) is 92.1 Å². The predicted molar refractivity (Wildman–Crippen MR) is 256 cm³/mol. The average Bonchev–Trinajstić information content (AvgIpc) is 3.24. The number of alkyl carbamates (subject to hydrolysis) is 1. The highest BCUT2D eigenvalue weighted by molar-refractivity contribution is 5.69. The van der Waals surface area contributed by atoms with Gasteiger partial charge in [0, 0.05) is 25.9 Å². The van der Waals surface area contributed by atoms with Gasteiger partial charge in [0.2, 0.25) is 0 Å². The molecule has 0 aliphatic rings. The van der Waals surface area contributed by atoms with Crippen LogP contribution in [0.15, 0.2) is 72.9 Å². The average molecular weight is 855 g/mol. The van der Waals surface area contributed by atoms with Crippen molar-refractivity contribution in [2.75, 3.05) is 53.6 Å². The van der Waals surface area contributed by atoms with Crippen LogP contribution >= 0.6 is 0 Å². The molecule has 1 N–H and O–H groups in total. The number of carbonyl (C=O) groups is 3. The molecule has 0 aromatic rings. The van der Waals surface area contributed by atoms with Crippen molar-refractivity contribution < 1.29 is 33.3 Å². The van der Waals surface area contributed by atoms with Crippen LogP contribution in [0.3, 0.4) is 0 Å². The van der Waals surface area contributed by atoms with Gasteiger partial charge < -0.3 is 29.2 Å². The summed E-state index contributed by atoms with van der Waals surface area (Å²) < 4.78 is 22.3. The summed E-state index contributed by atoms with van der Waals surface area (Å²) >= 11 is 0. The van der Waals surface area contributed by atoms with Gasteiger partial charge in [-0.3, -0.25) is 9.59 Å². The summed E-state index contributed by atoms with van der Waals surface area (Å²) in [6.07, 6.45) is 50.6. The molecule has 9 heteroatoms. The van der Waals surface area contributed by atoms with Crippen LogP contribution < -0.4 is 5.32 Å². The zero-order valence-electron chi connectivity index (χ0n) is 39.4. The SMILES string of the molecule is CCCCC/C=C\C/C=C\C/C=C\CCCCC(=O)OCCCCC(CCCCOC(=O)CCCC/C=C\C/C=C\C/C=C\CCCCC)OC(=O)NCCOCCN(C)C. The number of likely N-dealkylation sites (N-methyl/N-ethyl adjacent to an activating group) is 1. The highest BCUT2D eigenvalue weighted by Gasteiger charge is 2.15. The predicted octanol–water partition coefficient (Wildman–Crippen LogP) is 13.3. The number of carbonyl (C=O) groups excluding carboxylic acids is 3. The molecule has 0 rings (SSSR count). The molecular formula is C52H90N2O7. The Hall–Kier alpha value is -3.43. The van der Waals surface area contributed by atoms with Crippen molar-refractivity contribution in [2.24, 2.45) is 0 Å². The van der Waals surface area contributed by atoms with Gasteiger partial charge in [-0.25, -0.2) is 4.79 Å². The van der Waals surface area contributed by atoms with E-state index >= 15 is 0 Å². The second kappa shape index (κ2) is 47.6. The molecule has 0 bridgehead atoms. The van der Waals surface area contributed by atoms with E-state index in [0.29, 0.717) is 71.5 Å². The van der Waals surface area contributed by atoms with Gasteiger partial charge in [0.25, 0.3) is 0 Å². The molecule has 350 valence electrons. The third-order valence-corrected chi connectivity index (χ3v) is 9.88. The maximum Gasteiger partial charge on any atom is 0.407 e. The molecule has 0 saturated carbocycles. The molecule has 0 spiro atoms. The van der Waals surface area contributed by atoms with E-state index < -0.39 is 6.09 Å². The first-order chi connectivity index (χ1) is 29.9. The van der Waals surface area contributed by atoms with Gasteiger partial charge in [0.1, 0.15) is 6.10 Å². The van der Waals surface area contributed by atoms with Gasteiger partial charge in [-0.05, 0) is 143 Å². The zero-order chi connectivity index (χ0) is 44.5. The number of hydrogen-bond acceptors (Lipinski definition) is 8. The second-order valence-corrected chi connectivity index (χ2v) is 16.1. The minimum absolute atomic E-state index is 0.156. The first kappa shape index (κ1) is 57.6. The maximum absolute atomic E-state index is 12.6. The summed E-state index contributed by atoms with van der Waals surface area (Å²) in [6.45, 7) is 7.40. The van der Waals surface area contributed by atoms with Crippen LogP contribution in [0.5, 0.6) is 0 Å². The Morgan fingerprint density at radius 3 is 1.31 bits per heavy atom. The van der Waals surface area contributed by atoms with Crippen LogP contribution in [0.1, 0.15) is 181 Å². The van der Waals surface area contributed by atoms with Crippen molar-refractivity contribution in [2.45, 2.75) is 187 Å². The molecule has 0 aliphatic carbocycles. The number of nitrogens with zero attached hydrogens (tertiary/aromatic N) is 1. The number of esters is 2. The van der Waals surface area contributed by atoms with Crippen molar-refractivity contribution in [3.05, 3.63) is 72.9 Å². The zero-order valence-corrected chi connectivity index (χ0v) is 39.4. The molecule has 9 nitrogen and oxygen atoms in total. The molecule has 61 heavy (non-hydrogen) atoms. The number of amides is 1. The van der Waals surface area contributed by atoms with Crippen molar-refractivity contribution in [3.8, 4) is 0 Å². The van der Waals surface area contributed by atoms with Crippen LogP contribution in [0.4, 0.5) is 4.79 Å². The standard InChI is InChI=1S/C52H90N2O7/c1-5-7-9-11-13-15-17-19-21-23-25-27-29-31-33-41-50(55)59-45-37-35-39-49(61-52(57)53-43-47-58-48-44-54(3)4)40-36-38-46-60-51(56)42-34-32-30-28-26-24-22-20-18-16-14-12-10-8-6-2/h13-16,19-22,25-28,49H,5-12,17-18,23-24,29-48H2,1-4H3,(H,53,57)/b15-13-,16-14-,21-19-,22-20-,27-25-,28-26-. The lowest BCUT2D eigenvalue weighted by atomic mass is 10.1. The van der Waals surface area contributed by atoms with Crippen molar-refractivity contribution in [1.29, 1.82) is 0 Å². The molecule has 1 amide bonds. The number of allylic oxidation sites excluding steroid dienone is 12. The topological polar surface area (TPSA) is 103 Å². The lowest BCUT2D eigenvalue weighted by Crippen LogP contribution is -2.32. The van der Waals surface area contributed by atoms with Gasteiger partial charge in [-0.1, -0.05) is 112 Å². The summed E-state index contributed by atoms with van der Waals surface area (Å²) in [7, 11) is 3.98. The Morgan fingerprint density at radius 1 is 0.492 bits per heavy atom. The van der Waals surface area contributed by atoms with E-state index in [0.717, 1.165) is 83.6 Å². The fraction of sp³-hybridized carbons (Fsp3) is 0.712. The maximum atomic E-state index is 12.6. The van der Waals surface area contributed by atoms with Crippen LogP contribution in [0.25, 0.3) is 0 Å². The smallest absolute Gasteiger partial charge is 0.407 e. The second-order valence-electron chi connectivity index (χ2n) is 16.1. The minimum Gasteiger partial charge on any atom is -0.466 e. The van der Waals surface area contributed by atoms with E-state index in [-0.39, 0.29) is 18.0 Å². The van der Waals surface area contributed by atoms with E-state index in [4.69, 9.17) is 18.9 Å². The Kier molecular flexibility index (Phi) is 44.9. The molecule has 0 unspecified atom stereocenters. The number of unbranched alkanes of at least 4 members (excludes halogenated alkanes) is 12. The number of ether oxygens (including phenoxy) is 4. The molecule has 0 atom stereocenters. The third kappa shape index (κ3) is 47.5. The normalized spacial score (nSPS) is 12.2. The number of hydrogen-bond donors (Lipinski definition) is 1. The highest BCUT2D eigenvalue weighted by Crippen LogP contribution is 2.14. The van der Waals surface area contributed by atoms with E-state index in [1.807, 2.05) is 19.0 Å². The summed E-state index contributed by atoms with van der Waals surface area (Å²) in [5, 5.41) is 2.79. The summed E-state index contributed by atoms with van der Waals surface area (Å²) in [6, 6.07) is 0. The quantitative estimate of drug-likeness (QED) is 0.0280. The number of nitrogens with one attached hydrogen (secondary N) is 1. The summed E-state index contributed by atoms with van der Waals surface area (Å²) in [5.41, 5.74) is 0. The molecule has 0 aromatic heterocycles. The van der Waals surface area contributed by atoms with E-state index in [1.165, 1.54) is 51.4 Å². The highest BCUT2D eigenvalue weighted by atomic mass is 16.6. The fourth-order valence-electron chi connectivity index (χ4n) is 6.14. The Labute approximate surface area is 373 Å². The Bertz CT molecular complexity index is 1120. The van der Waals surface area contributed by atoms with Gasteiger partial charge in [0.15, 0.2) is 0 Å². The van der Waals surface area contributed by atoms with Gasteiger partial charge in [0.05, 0.1) is 26.4 Å². The van der Waals surface area contributed by atoms with Gasteiger partial charge in [-0.15, -0.1) is 0 Å². The largest absolute Gasteiger partial charge is 0.466 e. The lowest BCUT2D eigenvalue weighted by molar-refractivity contribution is -0.144. The third-order valence-electron chi connectivity index (χ3n) is 9.88. The molecule has 0 heterocycles. The van der Waals surface area contributed by atoms with Gasteiger partial charge in [-0.2, -0.15) is 0 Å². The monoisotopic (exact) mass is 855 g/mol. The van der Waals surface area contributed by atoms with Gasteiger partial charge >= 0.3 is 18.0 Å². The molecule has 0 aliphatic heterocycles. The van der Waals surface area contributed by atoms with Crippen LogP contribution in [-0.2, 0) is 28.5 Å². The molecule has 0 radical (unpaired) electrons. The minimum atomic E-state index is -0.460. The number of rotatable bonds is 43. The Morgan fingerprint density at radius 2 is 0.902 bits per heavy atom. The summed E-state index contributed by atoms with van der Waals surface area (Å²) in [4.78, 5) is 39.1. The van der Waals surface area contributed by atoms with E-state index in [9.17, 15) is 14.4 Å². The molecular weight excluding hydrogens is 765 g/mol. The van der Waals surface area contributed by atoms with Crippen molar-refractivity contribution in [3.63, 3.8) is 0 Å². The van der Waals surface area contributed by atoms with Crippen molar-refractivity contribution in [1.82, 2.24) is 10.2 Å². The summed E-state index contributed by atoms with van der Waals surface area (Å²) in [5.74, 6) is -0.312. The van der Waals surface area contributed by atoms with Crippen molar-refractivity contribution >= 4 is 18.0 Å². The lowest BCUT2D eigenvalue weighted by Gasteiger charge is -2.18. The first-order valence-corrected chi connectivity index (χ1v) is 24.3. The van der Waals surface area contributed by atoms with Crippen LogP contribution in [0, 0.1) is 0 Å². The fourth-order valence-corrected chi connectivity index (χ4v) is 6.14. The molecule has 0 aromatic carbocycles. The van der Waals surface area contributed by atoms with Crippen LogP contribution in [-0.4, -0.2) is 82.6 Å². The Balaban J connectivity index is 4.27. The molecule has 0 fully saturated rings. The molecule has 0 saturated heterocycles. The van der Waals surface area contributed by atoms with Crippen LogP contribution in [0.2, 0.25) is 0 Å². The van der Waals surface area contributed by atoms with E-state index in [1.54, 1.807) is 0 Å². The first-order valence-electron chi connectivity index (χ1n) is 24.3.